The largest absolute Gasteiger partial charge is 0.497 e. The van der Waals surface area contributed by atoms with Crippen LogP contribution in [0.2, 0.25) is 0 Å². The van der Waals surface area contributed by atoms with Crippen molar-refractivity contribution in [1.82, 2.24) is 0 Å². The van der Waals surface area contributed by atoms with Gasteiger partial charge < -0.3 is 14.4 Å². The minimum atomic E-state index is 0.404. The number of aliphatic imine (C=N–C) groups is 1. The van der Waals surface area contributed by atoms with Gasteiger partial charge in [-0.3, -0.25) is 4.99 Å². The molecule has 1 aromatic rings. The van der Waals surface area contributed by atoms with Gasteiger partial charge in [0.1, 0.15) is 11.5 Å². The van der Waals surface area contributed by atoms with E-state index in [0.29, 0.717) is 12.6 Å². The number of benzene rings is 1. The molecular weight excluding hydrogens is 240 g/mol. The summed E-state index contributed by atoms with van der Waals surface area (Å²) in [6, 6.07) is 6.32. The lowest BCUT2D eigenvalue weighted by atomic mass is 10.1. The lowest BCUT2D eigenvalue weighted by Crippen LogP contribution is -2.23. The van der Waals surface area contributed by atoms with Crippen molar-refractivity contribution in [2.45, 2.75) is 32.7 Å². The molecule has 1 atom stereocenters. The molecule has 0 spiro atoms. The van der Waals surface area contributed by atoms with Crippen LogP contribution in [0.4, 0.5) is 5.69 Å². The lowest BCUT2D eigenvalue weighted by molar-refractivity contribution is 0.337. The van der Waals surface area contributed by atoms with E-state index in [0.717, 1.165) is 36.6 Å². The normalized spacial score (nSPS) is 17.8. The van der Waals surface area contributed by atoms with Gasteiger partial charge in [0.15, 0.2) is 0 Å². The molecule has 0 aliphatic carbocycles. The second kappa shape index (κ2) is 6.45. The van der Waals surface area contributed by atoms with E-state index in [2.05, 4.69) is 16.8 Å². The Morgan fingerprint density at radius 1 is 1.37 bits per heavy atom. The van der Waals surface area contributed by atoms with Gasteiger partial charge in [-0.2, -0.15) is 0 Å². The molecule has 1 aliphatic rings. The highest BCUT2D eigenvalue weighted by atomic mass is 16.5. The van der Waals surface area contributed by atoms with Crippen molar-refractivity contribution >= 4 is 12.0 Å². The van der Waals surface area contributed by atoms with Gasteiger partial charge in [0.25, 0.3) is 0 Å². The van der Waals surface area contributed by atoms with Crippen molar-refractivity contribution < 1.29 is 9.47 Å². The summed E-state index contributed by atoms with van der Waals surface area (Å²) < 4.78 is 11.0. The first kappa shape index (κ1) is 13.7. The van der Waals surface area contributed by atoms with Gasteiger partial charge in [0.2, 0.25) is 0 Å². The quantitative estimate of drug-likeness (QED) is 0.790. The molecule has 4 heteroatoms. The zero-order valence-electron chi connectivity index (χ0n) is 11.9. The fourth-order valence-corrected chi connectivity index (χ4v) is 2.29. The summed E-state index contributed by atoms with van der Waals surface area (Å²) >= 11 is 0. The van der Waals surface area contributed by atoms with E-state index in [9.17, 15) is 0 Å². The van der Waals surface area contributed by atoms with Gasteiger partial charge in [0, 0.05) is 12.6 Å². The Bertz CT molecular complexity index is 446. The van der Waals surface area contributed by atoms with E-state index in [1.54, 1.807) is 7.11 Å². The van der Waals surface area contributed by atoms with Gasteiger partial charge in [0.05, 0.1) is 31.8 Å². The molecule has 1 unspecified atom stereocenters. The average Bonchev–Trinajstić information content (AvgIpc) is 2.88. The molecule has 0 saturated carbocycles. The van der Waals surface area contributed by atoms with Crippen LogP contribution in [-0.2, 0) is 0 Å². The highest BCUT2D eigenvalue weighted by Crippen LogP contribution is 2.33. The highest BCUT2D eigenvalue weighted by molar-refractivity contribution is 5.84. The molecule has 0 fully saturated rings. The maximum atomic E-state index is 5.70. The molecule has 2 rings (SSSR count). The van der Waals surface area contributed by atoms with Crippen LogP contribution >= 0.6 is 0 Å². The molecule has 0 amide bonds. The monoisotopic (exact) mass is 262 g/mol. The Kier molecular flexibility index (Phi) is 4.66. The zero-order valence-corrected chi connectivity index (χ0v) is 11.9. The molecule has 19 heavy (non-hydrogen) atoms. The van der Waals surface area contributed by atoms with E-state index in [1.165, 1.54) is 0 Å². The van der Waals surface area contributed by atoms with Crippen LogP contribution in [0.3, 0.4) is 0 Å². The Balaban J connectivity index is 2.18. The van der Waals surface area contributed by atoms with Crippen molar-refractivity contribution in [2.24, 2.45) is 4.99 Å². The molecule has 1 aromatic carbocycles. The van der Waals surface area contributed by atoms with E-state index >= 15 is 0 Å². The number of rotatable bonds is 6. The molecule has 0 saturated heterocycles. The number of ether oxygens (including phenoxy) is 2. The van der Waals surface area contributed by atoms with E-state index < -0.39 is 0 Å². The fraction of sp³-hybridized carbons (Fsp3) is 0.533. The third kappa shape index (κ3) is 3.19. The third-order valence-electron chi connectivity index (χ3n) is 3.22. The number of hydrogen-bond donors (Lipinski definition) is 0. The first-order valence-corrected chi connectivity index (χ1v) is 6.89. The van der Waals surface area contributed by atoms with Crippen LogP contribution < -0.4 is 14.4 Å². The van der Waals surface area contributed by atoms with Crippen molar-refractivity contribution in [1.29, 1.82) is 0 Å². The summed E-state index contributed by atoms with van der Waals surface area (Å²) in [6.45, 7) is 5.75. The number of anilines is 1. The van der Waals surface area contributed by atoms with Gasteiger partial charge in [-0.05, 0) is 25.5 Å². The molecule has 1 heterocycles. The van der Waals surface area contributed by atoms with Gasteiger partial charge in [-0.25, -0.2) is 0 Å². The Morgan fingerprint density at radius 2 is 2.21 bits per heavy atom. The Hall–Kier alpha value is -1.71. The first-order chi connectivity index (χ1) is 9.28. The van der Waals surface area contributed by atoms with Crippen LogP contribution in [-0.4, -0.2) is 32.6 Å². The highest BCUT2D eigenvalue weighted by Gasteiger charge is 2.20. The second-order valence-electron chi connectivity index (χ2n) is 4.63. The molecule has 0 N–H and O–H groups in total. The topological polar surface area (TPSA) is 34.1 Å². The van der Waals surface area contributed by atoms with Gasteiger partial charge >= 0.3 is 0 Å². The van der Waals surface area contributed by atoms with Gasteiger partial charge in [-0.1, -0.05) is 13.3 Å². The standard InChI is InChI=1S/C15H22N2O2/c1-4-6-12-10-17(11-16-12)14-8-7-13(18-3)9-15(14)19-5-2/h7-9,11-12H,4-6,10H2,1-3H3. The molecular formula is C15H22N2O2. The van der Waals surface area contributed by atoms with Crippen LogP contribution in [0.1, 0.15) is 26.7 Å². The predicted octanol–water partition coefficient (Wildman–Crippen LogP) is 3.11. The first-order valence-electron chi connectivity index (χ1n) is 6.89. The Labute approximate surface area is 115 Å². The molecule has 0 bridgehead atoms. The smallest absolute Gasteiger partial charge is 0.146 e. The lowest BCUT2D eigenvalue weighted by Gasteiger charge is -2.20. The maximum Gasteiger partial charge on any atom is 0.146 e. The summed E-state index contributed by atoms with van der Waals surface area (Å²) in [7, 11) is 1.67. The fourth-order valence-electron chi connectivity index (χ4n) is 2.29. The van der Waals surface area contributed by atoms with Gasteiger partial charge in [-0.15, -0.1) is 0 Å². The van der Waals surface area contributed by atoms with Crippen molar-refractivity contribution in [3.63, 3.8) is 0 Å². The number of hydrogen-bond acceptors (Lipinski definition) is 4. The predicted molar refractivity (Wildman–Crippen MR) is 78.7 cm³/mol. The van der Waals surface area contributed by atoms with Crippen LogP contribution in [0, 0.1) is 0 Å². The van der Waals surface area contributed by atoms with Crippen molar-refractivity contribution in [3.05, 3.63) is 18.2 Å². The van der Waals surface area contributed by atoms with Crippen LogP contribution in [0.5, 0.6) is 11.5 Å². The summed E-state index contributed by atoms with van der Waals surface area (Å²) in [6.07, 6.45) is 4.22. The zero-order chi connectivity index (χ0) is 13.7. The number of methoxy groups -OCH3 is 1. The molecule has 104 valence electrons. The molecule has 0 aromatic heterocycles. The SMILES string of the molecule is CCCC1CN(c2ccc(OC)cc2OCC)C=N1. The molecule has 1 aliphatic heterocycles. The minimum absolute atomic E-state index is 0.404. The molecule has 0 radical (unpaired) electrons. The summed E-state index contributed by atoms with van der Waals surface area (Å²) in [5.41, 5.74) is 1.06. The third-order valence-corrected chi connectivity index (χ3v) is 3.22. The van der Waals surface area contributed by atoms with Crippen molar-refractivity contribution in [3.8, 4) is 11.5 Å². The maximum absolute atomic E-state index is 5.70. The van der Waals surface area contributed by atoms with Crippen LogP contribution in [0.15, 0.2) is 23.2 Å². The van der Waals surface area contributed by atoms with Crippen LogP contribution in [0.25, 0.3) is 0 Å². The average molecular weight is 262 g/mol. The Morgan fingerprint density at radius 3 is 2.89 bits per heavy atom. The summed E-state index contributed by atoms with van der Waals surface area (Å²) in [5.74, 6) is 1.67. The summed E-state index contributed by atoms with van der Waals surface area (Å²) in [4.78, 5) is 6.70. The minimum Gasteiger partial charge on any atom is -0.497 e. The van der Waals surface area contributed by atoms with Crippen molar-refractivity contribution in [2.75, 3.05) is 25.2 Å². The van der Waals surface area contributed by atoms with E-state index in [1.807, 2.05) is 31.5 Å². The summed E-state index contributed by atoms with van der Waals surface area (Å²) in [5, 5.41) is 0. The van der Waals surface area contributed by atoms with E-state index in [-0.39, 0.29) is 0 Å². The second-order valence-corrected chi connectivity index (χ2v) is 4.63. The molecule has 4 nitrogen and oxygen atoms in total. The number of nitrogens with zero attached hydrogens (tertiary/aromatic N) is 2. The van der Waals surface area contributed by atoms with E-state index in [4.69, 9.17) is 9.47 Å².